The Bertz CT molecular complexity index is 1080. The van der Waals surface area contributed by atoms with Crippen molar-refractivity contribution < 1.29 is 4.42 Å². The summed E-state index contributed by atoms with van der Waals surface area (Å²) in [6.07, 6.45) is 1.82. The van der Waals surface area contributed by atoms with Crippen molar-refractivity contribution in [2.24, 2.45) is 0 Å². The first-order valence-corrected chi connectivity index (χ1v) is 7.97. The van der Waals surface area contributed by atoms with Crippen molar-refractivity contribution in [3.8, 4) is 0 Å². The molecule has 0 fully saturated rings. The Morgan fingerprint density at radius 2 is 1.83 bits per heavy atom. The highest BCUT2D eigenvalue weighted by Gasteiger charge is 2.29. The highest BCUT2D eigenvalue weighted by Crippen LogP contribution is 2.45. The fraction of sp³-hybridized carbons (Fsp3) is 0.100. The molecule has 0 bridgehead atoms. The van der Waals surface area contributed by atoms with Gasteiger partial charge in [-0.05, 0) is 30.7 Å². The van der Waals surface area contributed by atoms with Gasteiger partial charge in [0.2, 0.25) is 0 Å². The maximum absolute atomic E-state index is 6.23. The second-order valence-corrected chi connectivity index (χ2v) is 6.15. The van der Waals surface area contributed by atoms with Crippen LogP contribution in [0, 0.1) is 13.6 Å². The lowest BCUT2D eigenvalue weighted by Gasteiger charge is -2.20. The average Bonchev–Trinajstić information content (AvgIpc) is 3.13. The molecule has 1 radical (unpaired) electrons. The van der Waals surface area contributed by atoms with Crippen LogP contribution in [0.15, 0.2) is 59.1 Å². The van der Waals surface area contributed by atoms with Crippen molar-refractivity contribution in [1.29, 1.82) is 0 Å². The van der Waals surface area contributed by atoms with E-state index in [1.54, 1.807) is 0 Å². The number of benzene rings is 2. The summed E-state index contributed by atoms with van der Waals surface area (Å²) in [5, 5.41) is 2.28. The molecule has 0 saturated carbocycles. The number of furan rings is 1. The van der Waals surface area contributed by atoms with Crippen LogP contribution in [-0.4, -0.2) is 12.0 Å². The molecule has 2 aromatic carbocycles. The zero-order valence-corrected chi connectivity index (χ0v) is 13.5. The number of aromatic nitrogens is 1. The van der Waals surface area contributed by atoms with Gasteiger partial charge < -0.3 is 14.2 Å². The van der Waals surface area contributed by atoms with Crippen molar-refractivity contribution in [3.63, 3.8) is 0 Å². The van der Waals surface area contributed by atoms with Crippen LogP contribution in [0.5, 0.6) is 0 Å². The molecule has 4 heteroatoms. The van der Waals surface area contributed by atoms with Crippen molar-refractivity contribution in [3.05, 3.63) is 67.0 Å². The molecular formula is C20H16N3O. The molecule has 0 amide bonds. The largest absolute Gasteiger partial charge is 0.454 e. The second kappa shape index (κ2) is 4.74. The summed E-state index contributed by atoms with van der Waals surface area (Å²) in [5.74, 6) is 0.949. The minimum Gasteiger partial charge on any atom is -0.454 e. The Hall–Kier alpha value is -3.01. The molecule has 0 atom stereocenters. The molecule has 4 aromatic rings. The molecule has 4 nitrogen and oxygen atoms in total. The Balaban J connectivity index is 1.83. The van der Waals surface area contributed by atoms with E-state index in [4.69, 9.17) is 4.42 Å². The topological polar surface area (TPSA) is 32.5 Å². The number of fused-ring (bicyclic) bond motifs is 4. The summed E-state index contributed by atoms with van der Waals surface area (Å²) in [6.45, 7) is 4.18. The normalized spacial score (nSPS) is 13.9. The van der Waals surface area contributed by atoms with Crippen molar-refractivity contribution in [1.82, 2.24) is 4.98 Å². The van der Waals surface area contributed by atoms with Gasteiger partial charge >= 0.3 is 0 Å². The molecule has 5 rings (SSSR count). The summed E-state index contributed by atoms with van der Waals surface area (Å²) < 4.78 is 6.23. The molecule has 0 saturated heterocycles. The number of nitrogens with zero attached hydrogens (tertiary/aromatic N) is 3. The first-order valence-electron chi connectivity index (χ1n) is 7.97. The number of hydrogen-bond acceptors (Lipinski definition) is 4. The van der Waals surface area contributed by atoms with Gasteiger partial charge in [-0.2, -0.15) is 0 Å². The summed E-state index contributed by atoms with van der Waals surface area (Å²) >= 11 is 0. The molecule has 1 aliphatic rings. The quantitative estimate of drug-likeness (QED) is 0.495. The van der Waals surface area contributed by atoms with Crippen LogP contribution in [0.4, 0.5) is 17.2 Å². The zero-order chi connectivity index (χ0) is 16.3. The van der Waals surface area contributed by atoms with E-state index in [-0.39, 0.29) is 0 Å². The molecule has 24 heavy (non-hydrogen) atoms. The summed E-state index contributed by atoms with van der Waals surface area (Å²) in [5.41, 5.74) is 5.14. The molecule has 0 N–H and O–H groups in total. The van der Waals surface area contributed by atoms with Gasteiger partial charge in [0.15, 0.2) is 11.4 Å². The number of rotatable bonds is 1. The highest BCUT2D eigenvalue weighted by molar-refractivity contribution is 6.10. The SMILES string of the molecule is Cc1ccc2c(oc3ccccc32)c1N1[CH]N(C)c2ncccc21. The molecule has 0 aliphatic carbocycles. The van der Waals surface area contributed by atoms with Crippen LogP contribution in [0.3, 0.4) is 0 Å². The lowest BCUT2D eigenvalue weighted by atomic mass is 10.1. The van der Waals surface area contributed by atoms with Crippen molar-refractivity contribution in [2.75, 3.05) is 16.8 Å². The standard InChI is InChI=1S/C20H16N3O/c1-13-9-10-15-14-6-3-4-8-17(14)24-19(15)18(13)23-12-22(2)20-16(23)7-5-11-21-20/h3-12H,1-2H3. The van der Waals surface area contributed by atoms with Crippen molar-refractivity contribution >= 4 is 39.1 Å². The predicted octanol–water partition coefficient (Wildman–Crippen LogP) is 5.00. The van der Waals surface area contributed by atoms with E-state index in [0.717, 1.165) is 39.1 Å². The lowest BCUT2D eigenvalue weighted by Crippen LogP contribution is -2.18. The van der Waals surface area contributed by atoms with Gasteiger partial charge in [0.25, 0.3) is 0 Å². The molecule has 0 unspecified atom stereocenters. The minimum atomic E-state index is 0.914. The van der Waals surface area contributed by atoms with Gasteiger partial charge in [0, 0.05) is 24.0 Å². The number of aryl methyl sites for hydroxylation is 1. The van der Waals surface area contributed by atoms with Gasteiger partial charge in [-0.3, -0.25) is 0 Å². The van der Waals surface area contributed by atoms with E-state index in [9.17, 15) is 0 Å². The number of para-hydroxylation sites is 1. The third-order valence-corrected chi connectivity index (χ3v) is 4.61. The van der Waals surface area contributed by atoms with E-state index in [1.165, 1.54) is 5.56 Å². The highest BCUT2D eigenvalue weighted by atomic mass is 16.3. The summed E-state index contributed by atoms with van der Waals surface area (Å²) in [7, 11) is 2.01. The molecule has 117 valence electrons. The Morgan fingerprint density at radius 3 is 2.75 bits per heavy atom. The Morgan fingerprint density at radius 1 is 0.958 bits per heavy atom. The van der Waals surface area contributed by atoms with Gasteiger partial charge in [0.1, 0.15) is 12.3 Å². The maximum Gasteiger partial charge on any atom is 0.159 e. The maximum atomic E-state index is 6.23. The molecule has 0 spiro atoms. The minimum absolute atomic E-state index is 0.914. The van der Waals surface area contributed by atoms with E-state index in [1.807, 2.05) is 42.4 Å². The smallest absolute Gasteiger partial charge is 0.159 e. The van der Waals surface area contributed by atoms with Crippen LogP contribution in [0.25, 0.3) is 21.9 Å². The molecular weight excluding hydrogens is 298 g/mol. The predicted molar refractivity (Wildman–Crippen MR) is 97.5 cm³/mol. The third kappa shape index (κ3) is 1.71. The van der Waals surface area contributed by atoms with Crippen LogP contribution < -0.4 is 9.80 Å². The van der Waals surface area contributed by atoms with E-state index >= 15 is 0 Å². The van der Waals surface area contributed by atoms with Crippen LogP contribution in [-0.2, 0) is 0 Å². The van der Waals surface area contributed by atoms with Gasteiger partial charge in [-0.15, -0.1) is 0 Å². The fourth-order valence-electron chi connectivity index (χ4n) is 3.49. The molecule has 1 aliphatic heterocycles. The first kappa shape index (κ1) is 13.4. The fourth-order valence-corrected chi connectivity index (χ4v) is 3.49. The van der Waals surface area contributed by atoms with Gasteiger partial charge in [-0.25, -0.2) is 4.98 Å². The monoisotopic (exact) mass is 314 g/mol. The van der Waals surface area contributed by atoms with Gasteiger partial charge in [0.05, 0.1) is 11.4 Å². The van der Waals surface area contributed by atoms with Crippen LogP contribution in [0.1, 0.15) is 5.56 Å². The van der Waals surface area contributed by atoms with Gasteiger partial charge in [-0.1, -0.05) is 30.3 Å². The first-order chi connectivity index (χ1) is 11.7. The van der Waals surface area contributed by atoms with E-state index in [0.29, 0.717) is 0 Å². The van der Waals surface area contributed by atoms with Crippen LogP contribution >= 0.6 is 0 Å². The van der Waals surface area contributed by atoms with E-state index in [2.05, 4.69) is 47.7 Å². The number of hydrogen-bond donors (Lipinski definition) is 0. The number of pyridine rings is 1. The van der Waals surface area contributed by atoms with Crippen LogP contribution in [0.2, 0.25) is 0 Å². The molecule has 3 heterocycles. The number of anilines is 3. The third-order valence-electron chi connectivity index (χ3n) is 4.61. The summed E-state index contributed by atoms with van der Waals surface area (Å²) in [6, 6.07) is 16.5. The second-order valence-electron chi connectivity index (χ2n) is 6.15. The average molecular weight is 314 g/mol. The molecule has 2 aromatic heterocycles. The Kier molecular flexibility index (Phi) is 2.65. The van der Waals surface area contributed by atoms with Crippen molar-refractivity contribution in [2.45, 2.75) is 6.92 Å². The zero-order valence-electron chi connectivity index (χ0n) is 13.5. The summed E-state index contributed by atoms with van der Waals surface area (Å²) in [4.78, 5) is 8.70. The Labute approximate surface area is 139 Å². The van der Waals surface area contributed by atoms with E-state index < -0.39 is 0 Å². The lowest BCUT2D eigenvalue weighted by molar-refractivity contribution is 0.668.